The molecular formula is C23H28FN3O4S. The second-order valence-corrected chi connectivity index (χ2v) is 10.4. The first kappa shape index (κ1) is 21.6. The lowest BCUT2D eigenvalue weighted by molar-refractivity contribution is 0.242. The Morgan fingerprint density at radius 2 is 2.09 bits per heavy atom. The molecule has 9 heteroatoms. The third kappa shape index (κ3) is 2.90. The predicted molar refractivity (Wildman–Crippen MR) is 121 cm³/mol. The zero-order valence-corrected chi connectivity index (χ0v) is 19.0. The fraction of sp³-hybridized carbons (Fsp3) is 0.565. The number of ether oxygens (including phenoxy) is 1. The van der Waals surface area contributed by atoms with Gasteiger partial charge in [-0.15, -0.1) is 11.3 Å². The van der Waals surface area contributed by atoms with Crippen molar-refractivity contribution in [3.8, 4) is 0 Å². The summed E-state index contributed by atoms with van der Waals surface area (Å²) >= 11 is 1.60. The summed E-state index contributed by atoms with van der Waals surface area (Å²) in [5.74, 6) is -0.917. The number of aliphatic hydroxyl groups excluding tert-OH is 1. The van der Waals surface area contributed by atoms with Crippen LogP contribution in [0.2, 0.25) is 0 Å². The number of allylic oxidation sites excluding steroid dienone is 1. The molecule has 2 heterocycles. The van der Waals surface area contributed by atoms with Crippen molar-refractivity contribution in [2.45, 2.75) is 62.3 Å². The van der Waals surface area contributed by atoms with E-state index >= 15 is 4.39 Å². The molecule has 172 valence electrons. The predicted octanol–water partition coefficient (Wildman–Crippen LogP) is 2.61. The number of halogens is 1. The summed E-state index contributed by atoms with van der Waals surface area (Å²) in [5.41, 5.74) is 5.54. The van der Waals surface area contributed by atoms with Crippen LogP contribution in [0.3, 0.4) is 0 Å². The Hall–Kier alpha value is -2.23. The van der Waals surface area contributed by atoms with Gasteiger partial charge in [-0.2, -0.15) is 0 Å². The molecule has 0 saturated heterocycles. The van der Waals surface area contributed by atoms with Gasteiger partial charge in [-0.05, 0) is 49.7 Å². The number of thiophene rings is 1. The van der Waals surface area contributed by atoms with Crippen molar-refractivity contribution in [3.05, 3.63) is 59.3 Å². The summed E-state index contributed by atoms with van der Waals surface area (Å²) in [6.45, 7) is 1.78. The van der Waals surface area contributed by atoms with Crippen molar-refractivity contribution in [2.75, 3.05) is 13.7 Å². The SMILES string of the molecule is COC1=C(F)C(c2cc3c(s2)CCCC3C(N)CO)(C2CC2)C(C)c2[nH]c(=O)[nH]c(=O)c21. The Kier molecular flexibility index (Phi) is 5.18. The third-order valence-electron chi connectivity index (χ3n) is 7.60. The fourth-order valence-corrected chi connectivity index (χ4v) is 7.55. The van der Waals surface area contributed by atoms with Crippen LogP contribution >= 0.6 is 11.3 Å². The van der Waals surface area contributed by atoms with Gasteiger partial charge in [0.15, 0.2) is 11.6 Å². The van der Waals surface area contributed by atoms with Crippen molar-refractivity contribution in [3.63, 3.8) is 0 Å². The number of hydrogen-bond donors (Lipinski definition) is 4. The molecule has 0 bridgehead atoms. The number of rotatable bonds is 5. The summed E-state index contributed by atoms with van der Waals surface area (Å²) < 4.78 is 21.9. The first-order valence-electron chi connectivity index (χ1n) is 11.1. The molecule has 5 N–H and O–H groups in total. The lowest BCUT2D eigenvalue weighted by Crippen LogP contribution is -2.43. The Morgan fingerprint density at radius 3 is 2.75 bits per heavy atom. The first-order chi connectivity index (χ1) is 15.3. The zero-order valence-electron chi connectivity index (χ0n) is 18.2. The molecule has 5 rings (SSSR count). The minimum Gasteiger partial charge on any atom is -0.493 e. The van der Waals surface area contributed by atoms with E-state index in [1.54, 1.807) is 11.3 Å². The van der Waals surface area contributed by atoms with Gasteiger partial charge in [0, 0.05) is 33.3 Å². The van der Waals surface area contributed by atoms with E-state index in [1.165, 1.54) is 12.0 Å². The van der Waals surface area contributed by atoms with Gasteiger partial charge in [-0.25, -0.2) is 9.18 Å². The number of H-pyrrole nitrogens is 2. The smallest absolute Gasteiger partial charge is 0.325 e. The van der Waals surface area contributed by atoms with Crippen LogP contribution in [0.25, 0.3) is 5.76 Å². The summed E-state index contributed by atoms with van der Waals surface area (Å²) in [5, 5.41) is 9.66. The molecule has 0 aromatic carbocycles. The molecule has 1 saturated carbocycles. The van der Waals surface area contributed by atoms with Crippen LogP contribution in [-0.2, 0) is 16.6 Å². The maximum Gasteiger partial charge on any atom is 0.325 e. The molecule has 1 fully saturated rings. The second-order valence-electron chi connectivity index (χ2n) is 9.24. The maximum absolute atomic E-state index is 16.5. The van der Waals surface area contributed by atoms with Gasteiger partial charge in [-0.1, -0.05) is 6.92 Å². The van der Waals surface area contributed by atoms with Gasteiger partial charge in [0.1, 0.15) is 5.56 Å². The highest BCUT2D eigenvalue weighted by molar-refractivity contribution is 7.12. The molecule has 2 aromatic rings. The highest BCUT2D eigenvalue weighted by atomic mass is 32.1. The lowest BCUT2D eigenvalue weighted by atomic mass is 9.64. The van der Waals surface area contributed by atoms with E-state index in [-0.39, 0.29) is 35.8 Å². The molecule has 0 amide bonds. The average Bonchev–Trinajstić information content (AvgIpc) is 3.52. The molecule has 3 aliphatic rings. The van der Waals surface area contributed by atoms with E-state index in [2.05, 4.69) is 16.0 Å². The second kappa shape index (κ2) is 7.67. The molecule has 3 aliphatic carbocycles. The van der Waals surface area contributed by atoms with Crippen LogP contribution in [0.1, 0.15) is 71.0 Å². The van der Waals surface area contributed by atoms with Crippen molar-refractivity contribution in [1.82, 2.24) is 9.97 Å². The quantitative estimate of drug-likeness (QED) is 0.545. The normalized spacial score (nSPS) is 28.3. The number of aliphatic hydroxyl groups is 1. The molecule has 7 nitrogen and oxygen atoms in total. The Labute approximate surface area is 188 Å². The number of nitrogens with one attached hydrogen (secondary N) is 2. The van der Waals surface area contributed by atoms with E-state index in [0.29, 0.717) is 5.69 Å². The van der Waals surface area contributed by atoms with E-state index in [9.17, 15) is 14.7 Å². The lowest BCUT2D eigenvalue weighted by Gasteiger charge is -2.42. The third-order valence-corrected chi connectivity index (χ3v) is 8.96. The number of aromatic amines is 2. The van der Waals surface area contributed by atoms with Crippen LogP contribution in [0.15, 0.2) is 21.5 Å². The standard InChI is InChI=1S/C23H28FN3O4S/c1-10-18-17(21(29)27-22(30)26-18)19(31-2)20(24)23(10,11-6-7-11)16-8-13-12(14(25)9-28)4-3-5-15(13)32-16/h8,10-12,14,28H,3-7,9,25H2,1-2H3,(H2,26,27,29,30). The molecule has 2 aromatic heterocycles. The van der Waals surface area contributed by atoms with E-state index < -0.39 is 28.4 Å². The molecule has 32 heavy (non-hydrogen) atoms. The Morgan fingerprint density at radius 1 is 1.34 bits per heavy atom. The summed E-state index contributed by atoms with van der Waals surface area (Å²) in [6, 6.07) is 1.71. The molecule has 4 unspecified atom stereocenters. The van der Waals surface area contributed by atoms with E-state index in [1.807, 2.05) is 6.92 Å². The van der Waals surface area contributed by atoms with Crippen LogP contribution < -0.4 is 17.0 Å². The Bertz CT molecular complexity index is 1210. The van der Waals surface area contributed by atoms with Gasteiger partial charge >= 0.3 is 5.69 Å². The minimum absolute atomic E-state index is 0.0350. The number of fused-ring (bicyclic) bond motifs is 2. The van der Waals surface area contributed by atoms with Crippen molar-refractivity contribution >= 4 is 17.1 Å². The van der Waals surface area contributed by atoms with Crippen LogP contribution in [0, 0.1) is 5.92 Å². The maximum atomic E-state index is 16.5. The molecule has 4 atom stereocenters. The number of hydrogen-bond acceptors (Lipinski definition) is 6. The van der Waals surface area contributed by atoms with Crippen molar-refractivity contribution in [1.29, 1.82) is 0 Å². The summed E-state index contributed by atoms with van der Waals surface area (Å²) in [7, 11) is 1.35. The highest BCUT2D eigenvalue weighted by Crippen LogP contribution is 2.64. The minimum atomic E-state index is -1.01. The van der Waals surface area contributed by atoms with E-state index in [4.69, 9.17) is 10.5 Å². The average molecular weight is 462 g/mol. The monoisotopic (exact) mass is 461 g/mol. The topological polar surface area (TPSA) is 121 Å². The van der Waals surface area contributed by atoms with Crippen LogP contribution in [0.5, 0.6) is 0 Å². The number of aryl methyl sites for hydroxylation is 1. The molecule has 0 radical (unpaired) electrons. The molecule has 0 spiro atoms. The first-order valence-corrected chi connectivity index (χ1v) is 12.0. The fourth-order valence-electron chi connectivity index (χ4n) is 5.92. The van der Waals surface area contributed by atoms with Gasteiger partial charge in [0.2, 0.25) is 0 Å². The molecular weight excluding hydrogens is 433 g/mol. The van der Waals surface area contributed by atoms with Crippen LogP contribution in [-0.4, -0.2) is 34.8 Å². The summed E-state index contributed by atoms with van der Waals surface area (Å²) in [4.78, 5) is 31.8. The van der Waals surface area contributed by atoms with Crippen LogP contribution in [0.4, 0.5) is 4.39 Å². The van der Waals surface area contributed by atoms with Crippen molar-refractivity contribution in [2.24, 2.45) is 11.7 Å². The number of nitrogens with two attached hydrogens (primary N) is 1. The molecule has 0 aliphatic heterocycles. The van der Waals surface area contributed by atoms with E-state index in [0.717, 1.165) is 42.5 Å². The van der Waals surface area contributed by atoms with Gasteiger partial charge < -0.3 is 20.6 Å². The Balaban J connectivity index is 1.76. The highest BCUT2D eigenvalue weighted by Gasteiger charge is 2.59. The largest absolute Gasteiger partial charge is 0.493 e. The number of methoxy groups -OCH3 is 1. The number of aromatic nitrogens is 2. The van der Waals surface area contributed by atoms with Gasteiger partial charge in [0.05, 0.1) is 19.1 Å². The van der Waals surface area contributed by atoms with Gasteiger partial charge in [0.25, 0.3) is 5.56 Å². The van der Waals surface area contributed by atoms with Gasteiger partial charge in [-0.3, -0.25) is 9.78 Å². The van der Waals surface area contributed by atoms with Crippen molar-refractivity contribution < 1.29 is 14.2 Å². The zero-order chi connectivity index (χ0) is 22.8. The summed E-state index contributed by atoms with van der Waals surface area (Å²) in [6.07, 6.45) is 4.49.